The zero-order valence-corrected chi connectivity index (χ0v) is 13.3. The second kappa shape index (κ2) is 7.02. The predicted octanol–water partition coefficient (Wildman–Crippen LogP) is 1.51. The molecule has 1 unspecified atom stereocenters. The maximum absolute atomic E-state index is 11.9. The van der Waals surface area contributed by atoms with Crippen LogP contribution in [0, 0.1) is 5.92 Å². The molecule has 118 valence electrons. The van der Waals surface area contributed by atoms with Gasteiger partial charge >= 0.3 is 0 Å². The minimum Gasteiger partial charge on any atom is -0.497 e. The van der Waals surface area contributed by atoms with E-state index in [1.54, 1.807) is 7.11 Å². The topological polar surface area (TPSA) is 81.9 Å². The molecule has 0 bridgehead atoms. The zero-order valence-electron chi connectivity index (χ0n) is 13.3. The van der Waals surface area contributed by atoms with E-state index < -0.39 is 0 Å². The first-order valence-corrected chi connectivity index (χ1v) is 7.21. The van der Waals surface area contributed by atoms with Crippen molar-refractivity contribution in [2.24, 2.45) is 5.92 Å². The number of carbonyl (C=O) groups is 1. The van der Waals surface area contributed by atoms with E-state index in [0.29, 0.717) is 11.7 Å². The average Bonchev–Trinajstić information content (AvgIpc) is 2.95. The van der Waals surface area contributed by atoms with Gasteiger partial charge in [-0.05, 0) is 30.2 Å². The van der Waals surface area contributed by atoms with Crippen LogP contribution in [0.5, 0.6) is 5.75 Å². The number of hydrogen-bond acceptors (Lipinski definition) is 5. The highest BCUT2D eigenvalue weighted by Gasteiger charge is 2.13. The third-order valence-corrected chi connectivity index (χ3v) is 3.45. The molecule has 0 fully saturated rings. The minimum atomic E-state index is -0.129. The van der Waals surface area contributed by atoms with Gasteiger partial charge in [-0.1, -0.05) is 26.0 Å². The summed E-state index contributed by atoms with van der Waals surface area (Å²) in [5.41, 5.74) is 0.793. The van der Waals surface area contributed by atoms with Crippen LogP contribution in [0.1, 0.15) is 20.8 Å². The fraction of sp³-hybridized carbons (Fsp3) is 0.467. The lowest BCUT2D eigenvalue weighted by Crippen LogP contribution is -2.38. The van der Waals surface area contributed by atoms with Gasteiger partial charge in [-0.3, -0.25) is 4.79 Å². The van der Waals surface area contributed by atoms with E-state index in [4.69, 9.17) is 4.74 Å². The van der Waals surface area contributed by atoms with Gasteiger partial charge in [0.15, 0.2) is 0 Å². The number of aromatic nitrogens is 4. The van der Waals surface area contributed by atoms with E-state index in [1.165, 1.54) is 4.80 Å². The van der Waals surface area contributed by atoms with Crippen molar-refractivity contribution >= 4 is 5.91 Å². The smallest absolute Gasteiger partial charge is 0.243 e. The summed E-state index contributed by atoms with van der Waals surface area (Å²) in [6, 6.07) is 7.49. The van der Waals surface area contributed by atoms with Crippen LogP contribution >= 0.6 is 0 Å². The standard InChI is InChI=1S/C15H21N5O2/c1-10(2)11(3)16-14(21)9-20-18-15(17-19-20)12-6-5-7-13(8-12)22-4/h5-8,10-11H,9H2,1-4H3,(H,16,21). The molecule has 1 heterocycles. The Hall–Kier alpha value is -2.44. The van der Waals surface area contributed by atoms with Gasteiger partial charge in [-0.15, -0.1) is 10.2 Å². The molecule has 2 aromatic rings. The molecule has 0 aliphatic carbocycles. The number of ether oxygens (including phenoxy) is 1. The van der Waals surface area contributed by atoms with Crippen molar-refractivity contribution in [3.05, 3.63) is 24.3 Å². The molecular formula is C15H21N5O2. The normalized spacial score (nSPS) is 12.2. The minimum absolute atomic E-state index is 0.0496. The summed E-state index contributed by atoms with van der Waals surface area (Å²) >= 11 is 0. The molecule has 7 nitrogen and oxygen atoms in total. The van der Waals surface area contributed by atoms with Crippen molar-refractivity contribution in [1.29, 1.82) is 0 Å². The molecule has 0 spiro atoms. The predicted molar refractivity (Wildman–Crippen MR) is 82.2 cm³/mol. The van der Waals surface area contributed by atoms with E-state index in [1.807, 2.05) is 31.2 Å². The molecule has 1 atom stereocenters. The summed E-state index contributed by atoms with van der Waals surface area (Å²) in [6.07, 6.45) is 0. The first-order valence-electron chi connectivity index (χ1n) is 7.21. The molecule has 1 aromatic heterocycles. The Morgan fingerprint density at radius 3 is 2.82 bits per heavy atom. The Kier molecular flexibility index (Phi) is 5.08. The third kappa shape index (κ3) is 4.03. The molecule has 1 N–H and O–H groups in total. The van der Waals surface area contributed by atoms with Crippen LogP contribution in [0.15, 0.2) is 24.3 Å². The van der Waals surface area contributed by atoms with Crippen LogP contribution in [0.25, 0.3) is 11.4 Å². The lowest BCUT2D eigenvalue weighted by atomic mass is 10.1. The molecule has 1 aromatic carbocycles. The number of amides is 1. The molecule has 0 radical (unpaired) electrons. The molecule has 22 heavy (non-hydrogen) atoms. The first kappa shape index (κ1) is 15.9. The largest absolute Gasteiger partial charge is 0.497 e. The average molecular weight is 303 g/mol. The molecular weight excluding hydrogens is 282 g/mol. The van der Waals surface area contributed by atoms with Crippen LogP contribution in [-0.2, 0) is 11.3 Å². The molecule has 7 heteroatoms. The van der Waals surface area contributed by atoms with Gasteiger partial charge in [-0.25, -0.2) is 0 Å². The highest BCUT2D eigenvalue weighted by molar-refractivity contribution is 5.75. The summed E-state index contributed by atoms with van der Waals surface area (Å²) in [5.74, 6) is 1.43. The lowest BCUT2D eigenvalue weighted by molar-refractivity contribution is -0.123. The van der Waals surface area contributed by atoms with Gasteiger partial charge in [0.2, 0.25) is 11.7 Å². The summed E-state index contributed by atoms with van der Waals surface area (Å²) in [7, 11) is 1.60. The Morgan fingerprint density at radius 2 is 2.14 bits per heavy atom. The number of benzene rings is 1. The number of methoxy groups -OCH3 is 1. The highest BCUT2D eigenvalue weighted by Crippen LogP contribution is 2.19. The number of tetrazole rings is 1. The van der Waals surface area contributed by atoms with E-state index in [-0.39, 0.29) is 18.5 Å². The Morgan fingerprint density at radius 1 is 1.36 bits per heavy atom. The lowest BCUT2D eigenvalue weighted by Gasteiger charge is -2.16. The molecule has 0 aliphatic heterocycles. The Bertz CT molecular complexity index is 638. The number of carbonyl (C=O) groups excluding carboxylic acids is 1. The number of rotatable bonds is 6. The summed E-state index contributed by atoms with van der Waals surface area (Å²) in [6.45, 7) is 6.13. The van der Waals surface area contributed by atoms with Crippen molar-refractivity contribution in [2.45, 2.75) is 33.4 Å². The summed E-state index contributed by atoms with van der Waals surface area (Å²) in [4.78, 5) is 13.2. The molecule has 0 saturated carbocycles. The van der Waals surface area contributed by atoms with Crippen LogP contribution in [-0.4, -0.2) is 39.3 Å². The zero-order chi connectivity index (χ0) is 16.1. The van der Waals surface area contributed by atoms with Crippen LogP contribution in [0.2, 0.25) is 0 Å². The van der Waals surface area contributed by atoms with Gasteiger partial charge in [0.1, 0.15) is 12.3 Å². The molecule has 0 saturated heterocycles. The van der Waals surface area contributed by atoms with Crippen molar-refractivity contribution in [3.63, 3.8) is 0 Å². The fourth-order valence-corrected chi connectivity index (χ4v) is 1.78. The number of hydrogen-bond donors (Lipinski definition) is 1. The number of nitrogens with zero attached hydrogens (tertiary/aromatic N) is 4. The van der Waals surface area contributed by atoms with Crippen LogP contribution < -0.4 is 10.1 Å². The quantitative estimate of drug-likeness (QED) is 0.874. The van der Waals surface area contributed by atoms with Gasteiger partial charge in [-0.2, -0.15) is 4.80 Å². The first-order chi connectivity index (χ1) is 10.5. The molecule has 1 amide bonds. The van der Waals surface area contributed by atoms with E-state index in [2.05, 4.69) is 34.6 Å². The van der Waals surface area contributed by atoms with E-state index in [9.17, 15) is 4.79 Å². The van der Waals surface area contributed by atoms with Gasteiger partial charge in [0.25, 0.3) is 0 Å². The number of nitrogens with one attached hydrogen (secondary N) is 1. The van der Waals surface area contributed by atoms with E-state index in [0.717, 1.165) is 11.3 Å². The van der Waals surface area contributed by atoms with E-state index >= 15 is 0 Å². The van der Waals surface area contributed by atoms with Crippen molar-refractivity contribution in [3.8, 4) is 17.1 Å². The van der Waals surface area contributed by atoms with Gasteiger partial charge in [0, 0.05) is 11.6 Å². The maximum Gasteiger partial charge on any atom is 0.243 e. The van der Waals surface area contributed by atoms with Crippen LogP contribution in [0.3, 0.4) is 0 Å². The Labute approximate surface area is 129 Å². The second-order valence-electron chi connectivity index (χ2n) is 5.48. The summed E-state index contributed by atoms with van der Waals surface area (Å²) < 4.78 is 5.17. The fourth-order valence-electron chi connectivity index (χ4n) is 1.78. The van der Waals surface area contributed by atoms with Gasteiger partial charge < -0.3 is 10.1 Å². The Balaban J connectivity index is 2.03. The molecule has 0 aliphatic rings. The van der Waals surface area contributed by atoms with Crippen molar-refractivity contribution < 1.29 is 9.53 Å². The highest BCUT2D eigenvalue weighted by atomic mass is 16.5. The second-order valence-corrected chi connectivity index (χ2v) is 5.48. The van der Waals surface area contributed by atoms with Crippen LogP contribution in [0.4, 0.5) is 0 Å². The maximum atomic E-state index is 11.9. The van der Waals surface area contributed by atoms with Crippen molar-refractivity contribution in [1.82, 2.24) is 25.5 Å². The monoisotopic (exact) mass is 303 g/mol. The summed E-state index contributed by atoms with van der Waals surface area (Å²) in [5, 5.41) is 15.0. The SMILES string of the molecule is COc1cccc(-c2nnn(CC(=O)NC(C)C(C)C)n2)c1. The van der Waals surface area contributed by atoms with Crippen molar-refractivity contribution in [2.75, 3.05) is 7.11 Å². The third-order valence-electron chi connectivity index (χ3n) is 3.45. The molecule has 2 rings (SSSR count). The van der Waals surface area contributed by atoms with Gasteiger partial charge in [0.05, 0.1) is 7.11 Å².